The van der Waals surface area contributed by atoms with Gasteiger partial charge in [-0.2, -0.15) is 0 Å². The van der Waals surface area contributed by atoms with Crippen molar-refractivity contribution >= 4 is 23.2 Å². The van der Waals surface area contributed by atoms with Crippen molar-refractivity contribution in [2.24, 2.45) is 5.73 Å². The summed E-state index contributed by atoms with van der Waals surface area (Å²) in [6.07, 6.45) is 2.18. The Hall–Kier alpha value is -1.26. The van der Waals surface area contributed by atoms with Gasteiger partial charge in [-0.1, -0.05) is 18.5 Å². The van der Waals surface area contributed by atoms with E-state index in [0.29, 0.717) is 16.6 Å². The maximum Gasteiger partial charge on any atom is 0.248 e. The van der Waals surface area contributed by atoms with Crippen LogP contribution in [-0.2, 0) is 0 Å². The molecule has 1 atom stereocenters. The first-order chi connectivity index (χ1) is 9.13. The van der Waals surface area contributed by atoms with Crippen LogP contribution in [0, 0.1) is 0 Å². The molecule has 0 saturated carbocycles. The number of nitrogens with one attached hydrogen (secondary N) is 1. The number of halogens is 1. The van der Waals surface area contributed by atoms with Crippen LogP contribution in [0.4, 0.5) is 5.69 Å². The summed E-state index contributed by atoms with van der Waals surface area (Å²) in [5.41, 5.74) is 6.71. The highest BCUT2D eigenvalue weighted by atomic mass is 35.5. The molecule has 1 aliphatic heterocycles. The Balaban J connectivity index is 2.28. The minimum Gasteiger partial charge on any atom is -0.366 e. The van der Waals surface area contributed by atoms with Gasteiger partial charge in [-0.15, -0.1) is 0 Å². The predicted molar refractivity (Wildman–Crippen MR) is 78.9 cm³/mol. The van der Waals surface area contributed by atoms with Gasteiger partial charge in [0.25, 0.3) is 0 Å². The minimum absolute atomic E-state index is 0.446. The fraction of sp³-hybridized carbons (Fsp3) is 0.500. The van der Waals surface area contributed by atoms with Crippen molar-refractivity contribution < 1.29 is 4.79 Å². The van der Waals surface area contributed by atoms with E-state index in [0.717, 1.165) is 38.2 Å². The fourth-order valence-electron chi connectivity index (χ4n) is 2.54. The predicted octanol–water partition coefficient (Wildman–Crippen LogP) is 2.02. The molecule has 1 aromatic carbocycles. The largest absolute Gasteiger partial charge is 0.366 e. The average Bonchev–Trinajstić information content (AvgIpc) is 2.90. The second-order valence-corrected chi connectivity index (χ2v) is 5.28. The molecular formula is C14H20ClN3O. The van der Waals surface area contributed by atoms with Gasteiger partial charge in [-0.25, -0.2) is 0 Å². The summed E-state index contributed by atoms with van der Waals surface area (Å²) in [7, 11) is 0. The molecule has 19 heavy (non-hydrogen) atoms. The van der Waals surface area contributed by atoms with Crippen LogP contribution in [0.5, 0.6) is 0 Å². The van der Waals surface area contributed by atoms with E-state index in [9.17, 15) is 4.79 Å². The lowest BCUT2D eigenvalue weighted by atomic mass is 10.1. The molecular weight excluding hydrogens is 262 g/mol. The number of anilines is 1. The van der Waals surface area contributed by atoms with Gasteiger partial charge in [0, 0.05) is 24.7 Å². The molecule has 1 fully saturated rings. The maximum atomic E-state index is 11.2. The first-order valence-electron chi connectivity index (χ1n) is 6.70. The molecule has 0 radical (unpaired) electrons. The molecule has 1 unspecified atom stereocenters. The number of carbonyl (C=O) groups is 1. The normalized spacial score (nSPS) is 18.5. The number of carbonyl (C=O) groups excluding carboxylic acids is 1. The summed E-state index contributed by atoms with van der Waals surface area (Å²) in [4.78, 5) is 13.5. The minimum atomic E-state index is -0.446. The Morgan fingerprint density at radius 2 is 2.37 bits per heavy atom. The van der Waals surface area contributed by atoms with Crippen molar-refractivity contribution in [3.63, 3.8) is 0 Å². The molecule has 4 nitrogen and oxygen atoms in total. The topological polar surface area (TPSA) is 58.4 Å². The van der Waals surface area contributed by atoms with E-state index < -0.39 is 5.91 Å². The third kappa shape index (κ3) is 3.19. The van der Waals surface area contributed by atoms with Crippen LogP contribution in [0.15, 0.2) is 18.2 Å². The van der Waals surface area contributed by atoms with Crippen molar-refractivity contribution in [2.45, 2.75) is 25.8 Å². The van der Waals surface area contributed by atoms with Gasteiger partial charge < -0.3 is 16.0 Å². The van der Waals surface area contributed by atoms with Crippen LogP contribution in [-0.4, -0.2) is 31.6 Å². The summed E-state index contributed by atoms with van der Waals surface area (Å²) in [6.45, 7) is 5.14. The molecule has 5 heteroatoms. The van der Waals surface area contributed by atoms with Crippen LogP contribution in [0.3, 0.4) is 0 Å². The molecule has 1 saturated heterocycles. The number of nitrogens with two attached hydrogens (primary N) is 1. The molecule has 1 aliphatic rings. The zero-order valence-corrected chi connectivity index (χ0v) is 11.9. The van der Waals surface area contributed by atoms with Crippen LogP contribution >= 0.6 is 11.6 Å². The number of amides is 1. The zero-order chi connectivity index (χ0) is 13.8. The molecule has 0 aliphatic carbocycles. The molecule has 104 valence electrons. The van der Waals surface area contributed by atoms with Gasteiger partial charge in [-0.05, 0) is 37.6 Å². The van der Waals surface area contributed by atoms with Gasteiger partial charge in [0.1, 0.15) is 0 Å². The third-order valence-electron chi connectivity index (χ3n) is 3.48. The van der Waals surface area contributed by atoms with E-state index in [2.05, 4.69) is 17.1 Å². The molecule has 3 N–H and O–H groups in total. The lowest BCUT2D eigenvalue weighted by Crippen LogP contribution is -2.37. The monoisotopic (exact) mass is 281 g/mol. The zero-order valence-electron chi connectivity index (χ0n) is 11.2. The fourth-order valence-corrected chi connectivity index (χ4v) is 2.83. The van der Waals surface area contributed by atoms with Crippen molar-refractivity contribution in [3.8, 4) is 0 Å². The Kier molecular flexibility index (Phi) is 4.66. The van der Waals surface area contributed by atoms with E-state index in [1.165, 1.54) is 0 Å². The van der Waals surface area contributed by atoms with Crippen molar-refractivity contribution in [1.29, 1.82) is 0 Å². The van der Waals surface area contributed by atoms with Crippen molar-refractivity contribution in [1.82, 2.24) is 5.32 Å². The van der Waals surface area contributed by atoms with Gasteiger partial charge in [0.15, 0.2) is 0 Å². The Labute approximate surface area is 118 Å². The Bertz CT molecular complexity index is 458. The smallest absolute Gasteiger partial charge is 0.248 e. The Morgan fingerprint density at radius 1 is 1.58 bits per heavy atom. The number of benzene rings is 1. The van der Waals surface area contributed by atoms with Gasteiger partial charge in [-0.3, -0.25) is 4.79 Å². The highest BCUT2D eigenvalue weighted by Crippen LogP contribution is 2.30. The quantitative estimate of drug-likeness (QED) is 0.868. The third-order valence-corrected chi connectivity index (χ3v) is 3.78. The average molecular weight is 282 g/mol. The summed E-state index contributed by atoms with van der Waals surface area (Å²) >= 11 is 6.31. The standard InChI is InChI=1S/C14H20ClN3O/c1-2-7-18(11-5-6-17-9-11)13-4-3-10(14(16)19)8-12(13)15/h3-4,8,11,17H,2,5-7,9H2,1H3,(H2,16,19). The molecule has 0 bridgehead atoms. The summed E-state index contributed by atoms with van der Waals surface area (Å²) in [5, 5.41) is 3.97. The van der Waals surface area contributed by atoms with Crippen molar-refractivity contribution in [3.05, 3.63) is 28.8 Å². The van der Waals surface area contributed by atoms with Gasteiger partial charge in [0.2, 0.25) is 5.91 Å². The number of hydrogen-bond acceptors (Lipinski definition) is 3. The number of rotatable bonds is 5. The molecule has 0 aromatic heterocycles. The SMILES string of the molecule is CCCN(c1ccc(C(N)=O)cc1Cl)C1CCNC1. The second-order valence-electron chi connectivity index (χ2n) is 4.87. The molecule has 1 amide bonds. The van der Waals surface area contributed by atoms with E-state index in [1.807, 2.05) is 6.07 Å². The van der Waals surface area contributed by atoms with E-state index in [1.54, 1.807) is 12.1 Å². The van der Waals surface area contributed by atoms with E-state index in [-0.39, 0.29) is 0 Å². The van der Waals surface area contributed by atoms with Crippen LogP contribution < -0.4 is 16.0 Å². The maximum absolute atomic E-state index is 11.2. The van der Waals surface area contributed by atoms with Crippen LogP contribution in [0.2, 0.25) is 5.02 Å². The number of primary amides is 1. The van der Waals surface area contributed by atoms with Crippen LogP contribution in [0.1, 0.15) is 30.1 Å². The summed E-state index contributed by atoms with van der Waals surface area (Å²) in [5.74, 6) is -0.446. The first-order valence-corrected chi connectivity index (χ1v) is 7.08. The summed E-state index contributed by atoms with van der Waals surface area (Å²) < 4.78 is 0. The molecule has 0 spiro atoms. The van der Waals surface area contributed by atoms with Gasteiger partial charge in [0.05, 0.1) is 10.7 Å². The first kappa shape index (κ1) is 14.2. The second kappa shape index (κ2) is 6.26. The highest BCUT2D eigenvalue weighted by molar-refractivity contribution is 6.33. The lowest BCUT2D eigenvalue weighted by molar-refractivity contribution is 0.100. The highest BCUT2D eigenvalue weighted by Gasteiger charge is 2.23. The number of hydrogen-bond donors (Lipinski definition) is 2. The molecule has 2 rings (SSSR count). The van der Waals surface area contributed by atoms with Crippen molar-refractivity contribution in [2.75, 3.05) is 24.5 Å². The van der Waals surface area contributed by atoms with E-state index in [4.69, 9.17) is 17.3 Å². The number of nitrogens with zero attached hydrogens (tertiary/aromatic N) is 1. The molecule has 1 aromatic rings. The van der Waals surface area contributed by atoms with E-state index >= 15 is 0 Å². The molecule has 1 heterocycles. The Morgan fingerprint density at radius 3 is 2.89 bits per heavy atom. The summed E-state index contributed by atoms with van der Waals surface area (Å²) in [6, 6.07) is 5.77. The lowest BCUT2D eigenvalue weighted by Gasteiger charge is -2.31. The van der Waals surface area contributed by atoms with Crippen LogP contribution in [0.25, 0.3) is 0 Å². The van der Waals surface area contributed by atoms with Gasteiger partial charge >= 0.3 is 0 Å².